The Morgan fingerprint density at radius 2 is 1.67 bits per heavy atom. The highest BCUT2D eigenvalue weighted by Crippen LogP contribution is 2.38. The first-order chi connectivity index (χ1) is 8.55. The third-order valence-electron chi connectivity index (χ3n) is 4.65. The summed E-state index contributed by atoms with van der Waals surface area (Å²) in [5.74, 6) is -1.06. The van der Waals surface area contributed by atoms with Gasteiger partial charge in [0.1, 0.15) is 5.54 Å². The molecule has 5 heteroatoms. The van der Waals surface area contributed by atoms with Gasteiger partial charge in [0.2, 0.25) is 5.91 Å². The molecule has 5 nitrogen and oxygen atoms in total. The molecule has 1 amide bonds. The van der Waals surface area contributed by atoms with Crippen molar-refractivity contribution < 1.29 is 14.7 Å². The summed E-state index contributed by atoms with van der Waals surface area (Å²) in [6.45, 7) is 0.314. The number of carboxylic acid groups (broad SMARTS) is 1. The van der Waals surface area contributed by atoms with Crippen LogP contribution in [-0.4, -0.2) is 29.1 Å². The number of carbonyl (C=O) groups excluding carboxylic acids is 1. The lowest BCUT2D eigenvalue weighted by Crippen LogP contribution is -2.63. The van der Waals surface area contributed by atoms with Gasteiger partial charge in [-0.2, -0.15) is 0 Å². The van der Waals surface area contributed by atoms with Crippen LogP contribution >= 0.6 is 0 Å². The zero-order valence-electron chi connectivity index (χ0n) is 10.7. The number of carboxylic acids is 1. The molecule has 4 N–H and O–H groups in total. The molecule has 0 unspecified atom stereocenters. The van der Waals surface area contributed by atoms with Gasteiger partial charge in [0.15, 0.2) is 0 Å². The predicted molar refractivity (Wildman–Crippen MR) is 66.9 cm³/mol. The van der Waals surface area contributed by atoms with Gasteiger partial charge in [0.05, 0.1) is 5.41 Å². The molecule has 2 aliphatic rings. The molecule has 0 saturated heterocycles. The van der Waals surface area contributed by atoms with Gasteiger partial charge in [0.25, 0.3) is 0 Å². The molecule has 0 aliphatic heterocycles. The van der Waals surface area contributed by atoms with E-state index in [-0.39, 0.29) is 5.91 Å². The fraction of sp³-hybridized carbons (Fsp3) is 0.846. The quantitative estimate of drug-likeness (QED) is 0.698. The molecule has 2 saturated carbocycles. The number of aliphatic carboxylic acids is 1. The number of nitrogens with one attached hydrogen (secondary N) is 1. The monoisotopic (exact) mass is 254 g/mol. The lowest BCUT2D eigenvalue weighted by atomic mass is 9.71. The molecule has 0 atom stereocenters. The number of nitrogens with two attached hydrogens (primary N) is 1. The molecule has 18 heavy (non-hydrogen) atoms. The van der Waals surface area contributed by atoms with Crippen molar-refractivity contribution in [3.8, 4) is 0 Å². The molecule has 2 fully saturated rings. The van der Waals surface area contributed by atoms with Crippen LogP contribution < -0.4 is 11.1 Å². The van der Waals surface area contributed by atoms with Crippen molar-refractivity contribution >= 4 is 11.9 Å². The average molecular weight is 254 g/mol. The van der Waals surface area contributed by atoms with Gasteiger partial charge in [-0.15, -0.1) is 0 Å². The highest BCUT2D eigenvalue weighted by atomic mass is 16.4. The van der Waals surface area contributed by atoms with Crippen molar-refractivity contribution in [2.24, 2.45) is 11.1 Å². The summed E-state index contributed by atoms with van der Waals surface area (Å²) in [5, 5.41) is 12.0. The van der Waals surface area contributed by atoms with Crippen LogP contribution in [0.3, 0.4) is 0 Å². The van der Waals surface area contributed by atoms with Gasteiger partial charge in [-0.25, -0.2) is 4.79 Å². The van der Waals surface area contributed by atoms with Crippen molar-refractivity contribution in [1.29, 1.82) is 0 Å². The van der Waals surface area contributed by atoms with Crippen LogP contribution in [0, 0.1) is 5.41 Å². The minimum absolute atomic E-state index is 0.146. The van der Waals surface area contributed by atoms with Crippen LogP contribution in [0.1, 0.15) is 51.4 Å². The summed E-state index contributed by atoms with van der Waals surface area (Å²) in [6.07, 6.45) is 6.65. The largest absolute Gasteiger partial charge is 0.480 e. The van der Waals surface area contributed by atoms with Crippen LogP contribution in [0.25, 0.3) is 0 Å². The molecule has 2 aliphatic carbocycles. The third kappa shape index (κ3) is 2.11. The van der Waals surface area contributed by atoms with E-state index in [1.807, 2.05) is 0 Å². The molecule has 0 bridgehead atoms. The van der Waals surface area contributed by atoms with Crippen molar-refractivity contribution in [2.75, 3.05) is 6.54 Å². The molecule has 0 spiro atoms. The normalized spacial score (nSPS) is 24.9. The van der Waals surface area contributed by atoms with E-state index in [4.69, 9.17) is 5.73 Å². The van der Waals surface area contributed by atoms with Crippen LogP contribution in [0.5, 0.6) is 0 Å². The summed E-state index contributed by atoms with van der Waals surface area (Å²) < 4.78 is 0. The van der Waals surface area contributed by atoms with Crippen molar-refractivity contribution in [3.05, 3.63) is 0 Å². The fourth-order valence-corrected chi connectivity index (χ4v) is 3.03. The molecule has 2 rings (SSSR count). The minimum Gasteiger partial charge on any atom is -0.480 e. The van der Waals surface area contributed by atoms with Gasteiger partial charge >= 0.3 is 5.97 Å². The standard InChI is InChI=1S/C13H22N2O3/c14-9-12(5-2-1-3-6-12)10(16)15-13(11(17)18)7-4-8-13/h1-9,14H2,(H,15,16)(H,17,18). The van der Waals surface area contributed by atoms with E-state index in [2.05, 4.69) is 5.32 Å². The molecule has 0 aromatic rings. The Hall–Kier alpha value is -1.10. The summed E-state index contributed by atoms with van der Waals surface area (Å²) in [6, 6.07) is 0. The van der Waals surface area contributed by atoms with E-state index >= 15 is 0 Å². The second-order valence-electron chi connectivity index (χ2n) is 5.74. The minimum atomic E-state index is -1.02. The molecular formula is C13H22N2O3. The lowest BCUT2D eigenvalue weighted by molar-refractivity contribution is -0.154. The maximum absolute atomic E-state index is 12.4. The summed E-state index contributed by atoms with van der Waals surface area (Å²) >= 11 is 0. The maximum atomic E-state index is 12.4. The van der Waals surface area contributed by atoms with Gasteiger partial charge in [0, 0.05) is 6.54 Å². The van der Waals surface area contributed by atoms with E-state index in [1.165, 1.54) is 0 Å². The molecule has 0 aromatic heterocycles. The van der Waals surface area contributed by atoms with Crippen LogP contribution in [0.2, 0.25) is 0 Å². The summed E-state index contributed by atoms with van der Waals surface area (Å²) in [7, 11) is 0. The SMILES string of the molecule is NCC1(C(=O)NC2(C(=O)O)CCC2)CCCCC1. The Labute approximate surface area is 107 Å². The highest BCUT2D eigenvalue weighted by molar-refractivity contribution is 5.90. The van der Waals surface area contributed by atoms with Crippen LogP contribution in [0.15, 0.2) is 0 Å². The summed E-state index contributed by atoms with van der Waals surface area (Å²) in [5.41, 5.74) is 4.24. The third-order valence-corrected chi connectivity index (χ3v) is 4.65. The zero-order chi connectivity index (χ0) is 13.2. The highest BCUT2D eigenvalue weighted by Gasteiger charge is 2.49. The molecule has 0 radical (unpaired) electrons. The number of hydrogen-bond donors (Lipinski definition) is 3. The summed E-state index contributed by atoms with van der Waals surface area (Å²) in [4.78, 5) is 23.7. The topological polar surface area (TPSA) is 92.4 Å². The molecule has 0 aromatic carbocycles. The van der Waals surface area contributed by atoms with Gasteiger partial charge < -0.3 is 16.2 Å². The second kappa shape index (κ2) is 4.88. The van der Waals surface area contributed by atoms with Crippen molar-refractivity contribution in [1.82, 2.24) is 5.32 Å². The second-order valence-corrected chi connectivity index (χ2v) is 5.74. The van der Waals surface area contributed by atoms with Gasteiger partial charge in [-0.05, 0) is 32.1 Å². The molecular weight excluding hydrogens is 232 g/mol. The first-order valence-corrected chi connectivity index (χ1v) is 6.81. The Bertz CT molecular complexity index is 344. The number of rotatable bonds is 4. The van der Waals surface area contributed by atoms with Crippen molar-refractivity contribution in [2.45, 2.75) is 56.9 Å². The van der Waals surface area contributed by atoms with Gasteiger partial charge in [-0.3, -0.25) is 4.79 Å². The number of amides is 1. The first kappa shape index (κ1) is 13.3. The van der Waals surface area contributed by atoms with Crippen LogP contribution in [-0.2, 0) is 9.59 Å². The Morgan fingerprint density at radius 3 is 2.06 bits per heavy atom. The molecule has 0 heterocycles. The average Bonchev–Trinajstić information content (AvgIpc) is 2.33. The number of hydrogen-bond acceptors (Lipinski definition) is 3. The van der Waals surface area contributed by atoms with E-state index in [0.717, 1.165) is 38.5 Å². The van der Waals surface area contributed by atoms with E-state index in [0.29, 0.717) is 19.4 Å². The van der Waals surface area contributed by atoms with Crippen molar-refractivity contribution in [3.63, 3.8) is 0 Å². The fourth-order valence-electron chi connectivity index (χ4n) is 3.03. The number of carbonyl (C=O) groups is 2. The Morgan fingerprint density at radius 1 is 1.06 bits per heavy atom. The smallest absolute Gasteiger partial charge is 0.329 e. The maximum Gasteiger partial charge on any atom is 0.329 e. The first-order valence-electron chi connectivity index (χ1n) is 6.81. The zero-order valence-corrected chi connectivity index (χ0v) is 10.7. The Balaban J connectivity index is 2.08. The lowest BCUT2D eigenvalue weighted by Gasteiger charge is -2.43. The van der Waals surface area contributed by atoms with Crippen LogP contribution in [0.4, 0.5) is 0 Å². The van der Waals surface area contributed by atoms with Gasteiger partial charge in [-0.1, -0.05) is 19.3 Å². The molecule has 102 valence electrons. The van der Waals surface area contributed by atoms with E-state index in [1.54, 1.807) is 0 Å². The Kier molecular flexibility index (Phi) is 3.61. The van der Waals surface area contributed by atoms with E-state index < -0.39 is 16.9 Å². The predicted octanol–water partition coefficient (Wildman–Crippen LogP) is 1.02. The van der Waals surface area contributed by atoms with E-state index in [9.17, 15) is 14.7 Å².